The molecule has 0 aliphatic carbocycles. The lowest BCUT2D eigenvalue weighted by atomic mass is 9.95. The van der Waals surface area contributed by atoms with Crippen molar-refractivity contribution in [2.75, 3.05) is 20.8 Å². The van der Waals surface area contributed by atoms with Gasteiger partial charge in [0.1, 0.15) is 11.3 Å². The molecule has 1 aromatic carbocycles. The zero-order valence-electron chi connectivity index (χ0n) is 13.9. The summed E-state index contributed by atoms with van der Waals surface area (Å²) in [5.74, 6) is -0.429. The third kappa shape index (κ3) is 4.21. The third-order valence-corrected chi connectivity index (χ3v) is 5.56. The number of carbonyl (C=O) groups is 1. The van der Waals surface area contributed by atoms with Gasteiger partial charge in [0, 0.05) is 12.1 Å². The van der Waals surface area contributed by atoms with Crippen molar-refractivity contribution >= 4 is 16.0 Å². The molecule has 1 rings (SSSR count). The number of benzene rings is 1. The molecule has 0 amide bonds. The average molecular weight is 344 g/mol. The van der Waals surface area contributed by atoms with E-state index < -0.39 is 21.5 Å². The smallest absolute Gasteiger partial charge is 0.341 e. The second-order valence-electron chi connectivity index (χ2n) is 5.15. The highest BCUT2D eigenvalue weighted by Gasteiger charge is 2.31. The fourth-order valence-corrected chi connectivity index (χ4v) is 3.77. The standard InChI is InChI=1S/C15H24N2O5S/c1-5-15(6-2,10-16)17-23(19,20)11-7-8-13(21-3)12(9-11)14(18)22-4/h7-9,17H,5-6,10,16H2,1-4H3. The van der Waals surface area contributed by atoms with Gasteiger partial charge in [0.25, 0.3) is 0 Å². The molecular formula is C15H24N2O5S. The summed E-state index contributed by atoms with van der Waals surface area (Å²) < 4.78 is 37.6. The summed E-state index contributed by atoms with van der Waals surface area (Å²) in [6, 6.07) is 4.03. The van der Waals surface area contributed by atoms with Crippen molar-refractivity contribution in [3.63, 3.8) is 0 Å². The number of carbonyl (C=O) groups excluding carboxylic acids is 1. The van der Waals surface area contributed by atoms with Gasteiger partial charge in [-0.05, 0) is 31.0 Å². The van der Waals surface area contributed by atoms with Crippen LogP contribution in [0.4, 0.5) is 0 Å². The average Bonchev–Trinajstić information content (AvgIpc) is 2.58. The zero-order valence-corrected chi connectivity index (χ0v) is 14.7. The minimum absolute atomic E-state index is 0.0431. The minimum atomic E-state index is -3.84. The first-order chi connectivity index (χ1) is 10.8. The molecule has 0 saturated heterocycles. The van der Waals surface area contributed by atoms with Crippen molar-refractivity contribution < 1.29 is 22.7 Å². The molecule has 0 aromatic heterocycles. The van der Waals surface area contributed by atoms with Crippen LogP contribution >= 0.6 is 0 Å². The molecule has 7 nitrogen and oxygen atoms in total. The van der Waals surface area contributed by atoms with Gasteiger partial charge in [-0.3, -0.25) is 0 Å². The topological polar surface area (TPSA) is 108 Å². The number of methoxy groups -OCH3 is 2. The molecule has 0 unspecified atom stereocenters. The molecule has 3 N–H and O–H groups in total. The van der Waals surface area contributed by atoms with Crippen LogP contribution in [0.5, 0.6) is 5.75 Å². The number of ether oxygens (including phenoxy) is 2. The summed E-state index contributed by atoms with van der Waals surface area (Å²) in [7, 11) is -1.23. The van der Waals surface area contributed by atoms with Gasteiger partial charge in [-0.1, -0.05) is 13.8 Å². The van der Waals surface area contributed by atoms with E-state index in [1.54, 1.807) is 0 Å². The Kier molecular flexibility index (Phi) is 6.55. The molecule has 0 spiro atoms. The molecule has 0 aliphatic rings. The largest absolute Gasteiger partial charge is 0.496 e. The highest BCUT2D eigenvalue weighted by molar-refractivity contribution is 7.89. The van der Waals surface area contributed by atoms with E-state index in [1.807, 2.05) is 13.8 Å². The second kappa shape index (κ2) is 7.76. The Labute approximate surface area is 137 Å². The molecule has 130 valence electrons. The maximum absolute atomic E-state index is 12.6. The Bertz CT molecular complexity index is 646. The first-order valence-electron chi connectivity index (χ1n) is 7.29. The van der Waals surface area contributed by atoms with Gasteiger partial charge in [0.2, 0.25) is 10.0 Å². The number of esters is 1. The third-order valence-electron chi connectivity index (χ3n) is 3.98. The molecule has 0 aliphatic heterocycles. The lowest BCUT2D eigenvalue weighted by molar-refractivity contribution is 0.0597. The van der Waals surface area contributed by atoms with Gasteiger partial charge >= 0.3 is 5.97 Å². The predicted octanol–water partition coefficient (Wildman–Crippen LogP) is 1.28. The molecule has 8 heteroatoms. The summed E-state index contributed by atoms with van der Waals surface area (Å²) in [5.41, 5.74) is 5.07. The highest BCUT2D eigenvalue weighted by Crippen LogP contribution is 2.25. The number of hydrogen-bond acceptors (Lipinski definition) is 6. The van der Waals surface area contributed by atoms with Crippen LogP contribution in [-0.2, 0) is 14.8 Å². The first kappa shape index (κ1) is 19.4. The maximum Gasteiger partial charge on any atom is 0.341 e. The molecule has 0 radical (unpaired) electrons. The van der Waals surface area contributed by atoms with E-state index in [1.165, 1.54) is 32.4 Å². The molecule has 1 aromatic rings. The second-order valence-corrected chi connectivity index (χ2v) is 6.83. The first-order valence-corrected chi connectivity index (χ1v) is 8.77. The summed E-state index contributed by atoms with van der Waals surface area (Å²) in [4.78, 5) is 11.7. The van der Waals surface area contributed by atoms with Crippen molar-refractivity contribution in [3.8, 4) is 5.75 Å². The molecule has 0 atom stereocenters. The van der Waals surface area contributed by atoms with Crippen molar-refractivity contribution in [2.45, 2.75) is 37.1 Å². The lowest BCUT2D eigenvalue weighted by Crippen LogP contribution is -2.52. The van der Waals surface area contributed by atoms with Crippen LogP contribution in [0.3, 0.4) is 0 Å². The summed E-state index contributed by atoms with van der Waals surface area (Å²) in [6.45, 7) is 3.92. The van der Waals surface area contributed by atoms with E-state index in [9.17, 15) is 13.2 Å². The Balaban J connectivity index is 3.31. The normalized spacial score (nSPS) is 12.0. The molecule has 0 bridgehead atoms. The van der Waals surface area contributed by atoms with Gasteiger partial charge in [-0.25, -0.2) is 17.9 Å². The van der Waals surface area contributed by atoms with E-state index in [0.717, 1.165) is 0 Å². The van der Waals surface area contributed by atoms with Crippen molar-refractivity contribution in [3.05, 3.63) is 23.8 Å². The zero-order chi connectivity index (χ0) is 17.7. The Morgan fingerprint density at radius 1 is 1.26 bits per heavy atom. The lowest BCUT2D eigenvalue weighted by Gasteiger charge is -2.31. The van der Waals surface area contributed by atoms with Crippen molar-refractivity contribution in [2.24, 2.45) is 5.73 Å². The Morgan fingerprint density at radius 3 is 2.30 bits per heavy atom. The number of rotatable bonds is 8. The van der Waals surface area contributed by atoms with Crippen molar-refractivity contribution in [1.82, 2.24) is 4.72 Å². The van der Waals surface area contributed by atoms with Crippen LogP contribution in [0.2, 0.25) is 0 Å². The Hall–Kier alpha value is -1.64. The quantitative estimate of drug-likeness (QED) is 0.688. The predicted molar refractivity (Wildman–Crippen MR) is 87.0 cm³/mol. The SMILES string of the molecule is CCC(CC)(CN)NS(=O)(=O)c1ccc(OC)c(C(=O)OC)c1. The maximum atomic E-state index is 12.6. The minimum Gasteiger partial charge on any atom is -0.496 e. The summed E-state index contributed by atoms with van der Waals surface area (Å²) in [5, 5.41) is 0. The summed E-state index contributed by atoms with van der Waals surface area (Å²) in [6.07, 6.45) is 1.11. The molecule has 0 saturated carbocycles. The number of nitrogens with one attached hydrogen (secondary N) is 1. The highest BCUT2D eigenvalue weighted by atomic mass is 32.2. The van der Waals surface area contributed by atoms with E-state index in [4.69, 9.17) is 10.5 Å². The number of sulfonamides is 1. The van der Waals surface area contributed by atoms with Gasteiger partial charge < -0.3 is 15.2 Å². The van der Waals surface area contributed by atoms with Crippen molar-refractivity contribution in [1.29, 1.82) is 0 Å². The van der Waals surface area contributed by atoms with Gasteiger partial charge in [0.15, 0.2) is 0 Å². The van der Waals surface area contributed by atoms with E-state index in [-0.39, 0.29) is 22.8 Å². The van der Waals surface area contributed by atoms with Gasteiger partial charge in [0.05, 0.1) is 19.1 Å². The van der Waals surface area contributed by atoms with E-state index in [2.05, 4.69) is 9.46 Å². The number of nitrogens with two attached hydrogens (primary N) is 1. The van der Waals surface area contributed by atoms with Crippen LogP contribution in [0.1, 0.15) is 37.0 Å². The van der Waals surface area contributed by atoms with Crippen LogP contribution < -0.4 is 15.2 Å². The van der Waals surface area contributed by atoms with Crippen LogP contribution in [0.15, 0.2) is 23.1 Å². The monoisotopic (exact) mass is 344 g/mol. The van der Waals surface area contributed by atoms with Crippen LogP contribution in [0.25, 0.3) is 0 Å². The molecule has 0 fully saturated rings. The fraction of sp³-hybridized carbons (Fsp3) is 0.533. The fourth-order valence-electron chi connectivity index (χ4n) is 2.19. The van der Waals surface area contributed by atoms with Gasteiger partial charge in [-0.2, -0.15) is 0 Å². The molecular weight excluding hydrogens is 320 g/mol. The van der Waals surface area contributed by atoms with Crippen LogP contribution in [0, 0.1) is 0 Å². The molecule has 23 heavy (non-hydrogen) atoms. The van der Waals surface area contributed by atoms with Crippen LogP contribution in [-0.4, -0.2) is 40.7 Å². The van der Waals surface area contributed by atoms with E-state index in [0.29, 0.717) is 12.8 Å². The summed E-state index contributed by atoms with van der Waals surface area (Å²) >= 11 is 0. The number of hydrogen-bond donors (Lipinski definition) is 2. The van der Waals surface area contributed by atoms with Gasteiger partial charge in [-0.15, -0.1) is 0 Å². The van der Waals surface area contributed by atoms with E-state index >= 15 is 0 Å². The Morgan fingerprint density at radius 2 is 1.87 bits per heavy atom. The molecule has 0 heterocycles.